The zero-order valence-electron chi connectivity index (χ0n) is 16.3. The van der Waals surface area contributed by atoms with E-state index in [2.05, 4.69) is 32.7 Å². The Morgan fingerprint density at radius 3 is 2.77 bits per heavy atom. The lowest BCUT2D eigenvalue weighted by atomic mass is 10.1. The Kier molecular flexibility index (Phi) is 7.58. The van der Waals surface area contributed by atoms with Crippen LogP contribution in [0.25, 0.3) is 0 Å². The Balaban J connectivity index is 1.59. The first kappa shape index (κ1) is 21.5. The highest BCUT2D eigenvalue weighted by atomic mass is 32.2. The average Bonchev–Trinajstić information content (AvgIpc) is 3.19. The highest BCUT2D eigenvalue weighted by Crippen LogP contribution is 2.26. The standard InChI is InChI=1S/C21H21N5O2S2/c1-3-11-22-20-25-26-21(30-20)29-13-18(27)24-17-10-5-4-9-16(17)19(28)23-15-8-6-7-14(2)12-15/h3-10,12H,1,11,13H2,2H3,(H,22,25)(H,23,28)(H,24,27). The van der Waals surface area contributed by atoms with Crippen LogP contribution in [-0.4, -0.2) is 34.3 Å². The Bertz CT molecular complexity index is 1050. The van der Waals surface area contributed by atoms with Gasteiger partial charge in [0.05, 0.1) is 17.0 Å². The number of nitrogens with zero attached hydrogens (tertiary/aromatic N) is 2. The van der Waals surface area contributed by atoms with E-state index >= 15 is 0 Å². The van der Waals surface area contributed by atoms with E-state index in [-0.39, 0.29) is 17.6 Å². The molecule has 0 radical (unpaired) electrons. The molecule has 3 aromatic rings. The molecule has 3 N–H and O–H groups in total. The lowest BCUT2D eigenvalue weighted by Crippen LogP contribution is -2.19. The van der Waals surface area contributed by atoms with Crippen LogP contribution in [-0.2, 0) is 4.79 Å². The molecule has 3 rings (SSSR count). The van der Waals surface area contributed by atoms with Gasteiger partial charge in [-0.2, -0.15) is 0 Å². The van der Waals surface area contributed by atoms with Gasteiger partial charge in [0, 0.05) is 12.2 Å². The summed E-state index contributed by atoms with van der Waals surface area (Å²) in [6.45, 7) is 6.19. The van der Waals surface area contributed by atoms with Gasteiger partial charge in [-0.25, -0.2) is 0 Å². The van der Waals surface area contributed by atoms with Crippen LogP contribution < -0.4 is 16.0 Å². The summed E-state index contributed by atoms with van der Waals surface area (Å²) in [7, 11) is 0. The summed E-state index contributed by atoms with van der Waals surface area (Å²) in [6, 6.07) is 14.5. The molecule has 0 unspecified atom stereocenters. The molecular formula is C21H21N5O2S2. The van der Waals surface area contributed by atoms with Crippen LogP contribution in [0.3, 0.4) is 0 Å². The molecule has 1 heterocycles. The van der Waals surface area contributed by atoms with Crippen molar-refractivity contribution in [2.24, 2.45) is 0 Å². The van der Waals surface area contributed by atoms with Crippen LogP contribution >= 0.6 is 23.1 Å². The zero-order chi connectivity index (χ0) is 21.3. The third kappa shape index (κ3) is 6.16. The lowest BCUT2D eigenvalue weighted by Gasteiger charge is -2.11. The quantitative estimate of drug-likeness (QED) is 0.337. The van der Waals surface area contributed by atoms with Crippen LogP contribution in [0.4, 0.5) is 16.5 Å². The van der Waals surface area contributed by atoms with Gasteiger partial charge in [-0.15, -0.1) is 16.8 Å². The molecule has 0 aliphatic carbocycles. The normalized spacial score (nSPS) is 10.3. The van der Waals surface area contributed by atoms with Gasteiger partial charge >= 0.3 is 0 Å². The van der Waals surface area contributed by atoms with E-state index < -0.39 is 0 Å². The molecule has 30 heavy (non-hydrogen) atoms. The fourth-order valence-corrected chi connectivity index (χ4v) is 4.08. The number of benzene rings is 2. The summed E-state index contributed by atoms with van der Waals surface area (Å²) in [6.07, 6.45) is 1.73. The van der Waals surface area contributed by atoms with Crippen molar-refractivity contribution in [2.75, 3.05) is 28.2 Å². The van der Waals surface area contributed by atoms with Crippen molar-refractivity contribution < 1.29 is 9.59 Å². The Labute approximate surface area is 183 Å². The molecule has 0 bridgehead atoms. The van der Waals surface area contributed by atoms with Gasteiger partial charge in [0.1, 0.15) is 0 Å². The number of aryl methyl sites for hydroxylation is 1. The Morgan fingerprint density at radius 1 is 1.13 bits per heavy atom. The maximum Gasteiger partial charge on any atom is 0.257 e. The highest BCUT2D eigenvalue weighted by molar-refractivity contribution is 8.01. The first-order valence-electron chi connectivity index (χ1n) is 9.13. The van der Waals surface area contributed by atoms with Crippen molar-refractivity contribution in [2.45, 2.75) is 11.3 Å². The van der Waals surface area contributed by atoms with Crippen LogP contribution in [0.1, 0.15) is 15.9 Å². The molecule has 7 nitrogen and oxygen atoms in total. The molecule has 0 fully saturated rings. The fourth-order valence-electron chi connectivity index (χ4n) is 2.52. The van der Waals surface area contributed by atoms with Crippen molar-refractivity contribution in [1.82, 2.24) is 10.2 Å². The number of para-hydroxylation sites is 1. The van der Waals surface area contributed by atoms with Gasteiger partial charge in [0.2, 0.25) is 11.0 Å². The van der Waals surface area contributed by atoms with E-state index in [0.29, 0.717) is 33.0 Å². The Morgan fingerprint density at radius 2 is 1.97 bits per heavy atom. The summed E-state index contributed by atoms with van der Waals surface area (Å²) in [5.41, 5.74) is 2.60. The topological polar surface area (TPSA) is 96.0 Å². The highest BCUT2D eigenvalue weighted by Gasteiger charge is 2.14. The second-order valence-electron chi connectivity index (χ2n) is 6.25. The van der Waals surface area contributed by atoms with Crippen LogP contribution in [0.2, 0.25) is 0 Å². The van der Waals surface area contributed by atoms with Crippen molar-refractivity contribution in [3.63, 3.8) is 0 Å². The molecule has 0 atom stereocenters. The van der Waals surface area contributed by atoms with E-state index in [1.807, 2.05) is 31.2 Å². The zero-order valence-corrected chi connectivity index (χ0v) is 18.0. The molecule has 2 aromatic carbocycles. The molecule has 0 saturated carbocycles. The maximum absolute atomic E-state index is 12.7. The third-order valence-corrected chi connectivity index (χ3v) is 5.87. The number of amides is 2. The minimum Gasteiger partial charge on any atom is -0.357 e. The number of hydrogen-bond donors (Lipinski definition) is 3. The fraction of sp³-hybridized carbons (Fsp3) is 0.143. The number of carbonyl (C=O) groups is 2. The SMILES string of the molecule is C=CCNc1nnc(SCC(=O)Nc2ccccc2C(=O)Nc2cccc(C)c2)s1. The predicted octanol–water partition coefficient (Wildman–Crippen LogP) is 4.43. The molecule has 9 heteroatoms. The summed E-state index contributed by atoms with van der Waals surface area (Å²) >= 11 is 2.66. The summed E-state index contributed by atoms with van der Waals surface area (Å²) < 4.78 is 0.683. The molecule has 0 aliphatic heterocycles. The van der Waals surface area contributed by atoms with Crippen molar-refractivity contribution in [3.8, 4) is 0 Å². The number of aromatic nitrogens is 2. The number of carbonyl (C=O) groups excluding carboxylic acids is 2. The number of nitrogens with one attached hydrogen (secondary N) is 3. The molecule has 0 spiro atoms. The van der Waals surface area contributed by atoms with Gasteiger partial charge < -0.3 is 16.0 Å². The van der Waals surface area contributed by atoms with Gasteiger partial charge in [-0.1, -0.05) is 53.4 Å². The predicted molar refractivity (Wildman–Crippen MR) is 124 cm³/mol. The van der Waals surface area contributed by atoms with E-state index in [1.54, 1.807) is 30.3 Å². The van der Waals surface area contributed by atoms with Crippen LogP contribution in [0.5, 0.6) is 0 Å². The molecule has 1 aromatic heterocycles. The van der Waals surface area contributed by atoms with E-state index in [1.165, 1.54) is 23.1 Å². The molecule has 2 amide bonds. The van der Waals surface area contributed by atoms with Crippen molar-refractivity contribution in [1.29, 1.82) is 0 Å². The largest absolute Gasteiger partial charge is 0.357 e. The number of anilines is 3. The summed E-state index contributed by atoms with van der Waals surface area (Å²) in [5.74, 6) is -0.359. The average molecular weight is 440 g/mol. The smallest absolute Gasteiger partial charge is 0.257 e. The minimum absolute atomic E-state index is 0.157. The molecule has 154 valence electrons. The van der Waals surface area contributed by atoms with E-state index in [4.69, 9.17) is 0 Å². The molecular weight excluding hydrogens is 418 g/mol. The van der Waals surface area contributed by atoms with Crippen LogP contribution in [0, 0.1) is 6.92 Å². The minimum atomic E-state index is -0.286. The number of rotatable bonds is 9. The lowest BCUT2D eigenvalue weighted by molar-refractivity contribution is -0.113. The Hall–Kier alpha value is -3.17. The van der Waals surface area contributed by atoms with Gasteiger partial charge in [0.15, 0.2) is 4.34 Å². The number of hydrogen-bond acceptors (Lipinski definition) is 7. The summed E-state index contributed by atoms with van der Waals surface area (Å²) in [5, 5.41) is 17.4. The second kappa shape index (κ2) is 10.6. The molecule has 0 saturated heterocycles. The first-order valence-corrected chi connectivity index (χ1v) is 10.9. The monoisotopic (exact) mass is 439 g/mol. The third-order valence-electron chi connectivity index (χ3n) is 3.85. The summed E-state index contributed by atoms with van der Waals surface area (Å²) in [4.78, 5) is 25.1. The van der Waals surface area contributed by atoms with Crippen molar-refractivity contribution >= 4 is 51.4 Å². The van der Waals surface area contributed by atoms with E-state index in [9.17, 15) is 9.59 Å². The van der Waals surface area contributed by atoms with Gasteiger partial charge in [-0.05, 0) is 36.8 Å². The van der Waals surface area contributed by atoms with Gasteiger partial charge in [0.25, 0.3) is 5.91 Å². The second-order valence-corrected chi connectivity index (χ2v) is 8.45. The number of thioether (sulfide) groups is 1. The first-order chi connectivity index (χ1) is 14.5. The van der Waals surface area contributed by atoms with E-state index in [0.717, 1.165) is 5.56 Å². The van der Waals surface area contributed by atoms with Gasteiger partial charge in [-0.3, -0.25) is 9.59 Å². The van der Waals surface area contributed by atoms with Crippen LogP contribution in [0.15, 0.2) is 65.5 Å². The molecule has 0 aliphatic rings. The maximum atomic E-state index is 12.7. The van der Waals surface area contributed by atoms with Crippen molar-refractivity contribution in [3.05, 3.63) is 72.3 Å².